The Labute approximate surface area is 144 Å². The van der Waals surface area contributed by atoms with Gasteiger partial charge in [0.1, 0.15) is 0 Å². The van der Waals surface area contributed by atoms with Crippen molar-refractivity contribution in [1.82, 2.24) is 20.4 Å². The van der Waals surface area contributed by atoms with Gasteiger partial charge in [-0.15, -0.1) is 0 Å². The monoisotopic (exact) mass is 334 g/mol. The number of hydrogen-bond acceptors (Lipinski definition) is 3. The quantitative estimate of drug-likeness (QED) is 0.760. The zero-order valence-electron chi connectivity index (χ0n) is 14.6. The van der Waals surface area contributed by atoms with Crippen molar-refractivity contribution in [3.63, 3.8) is 0 Å². The lowest BCUT2D eigenvalue weighted by molar-refractivity contribution is -0.127. The Bertz CT molecular complexity index is 495. The highest BCUT2D eigenvalue weighted by Gasteiger charge is 2.49. The molecule has 2 N–H and O–H groups in total. The summed E-state index contributed by atoms with van der Waals surface area (Å²) in [5.41, 5.74) is 0.244. The summed E-state index contributed by atoms with van der Waals surface area (Å²) in [5.74, 6) is 0.204. The first-order chi connectivity index (χ1) is 11.7. The summed E-state index contributed by atoms with van der Waals surface area (Å²) in [4.78, 5) is 28.9. The molecule has 0 bridgehead atoms. The first-order valence-electron chi connectivity index (χ1n) is 9.72. The number of rotatable bonds is 1. The Morgan fingerprint density at radius 3 is 2.58 bits per heavy atom. The number of carbonyl (C=O) groups excluding carboxylic acids is 2. The maximum atomic E-state index is 12.5. The summed E-state index contributed by atoms with van der Waals surface area (Å²) >= 11 is 0. The SMILES string of the molecule is O=C1NCCN2CC3(CCN(C(=O)NC4CCCCC4)CC3)CC12. The van der Waals surface area contributed by atoms with E-state index < -0.39 is 0 Å². The number of urea groups is 1. The lowest BCUT2D eigenvalue weighted by Crippen LogP contribution is -2.52. The van der Waals surface area contributed by atoms with Crippen molar-refractivity contribution < 1.29 is 9.59 Å². The Morgan fingerprint density at radius 2 is 1.88 bits per heavy atom. The van der Waals surface area contributed by atoms with Gasteiger partial charge in [0, 0.05) is 38.8 Å². The van der Waals surface area contributed by atoms with E-state index in [2.05, 4.69) is 15.5 Å². The molecular formula is C18H30N4O2. The van der Waals surface area contributed by atoms with Gasteiger partial charge in [-0.1, -0.05) is 19.3 Å². The number of fused-ring (bicyclic) bond motifs is 1. The van der Waals surface area contributed by atoms with Crippen molar-refractivity contribution in [3.8, 4) is 0 Å². The van der Waals surface area contributed by atoms with Gasteiger partial charge in [0.2, 0.25) is 5.91 Å². The number of hydrogen-bond donors (Lipinski definition) is 2. The van der Waals surface area contributed by atoms with Gasteiger partial charge < -0.3 is 15.5 Å². The van der Waals surface area contributed by atoms with Crippen molar-refractivity contribution in [2.45, 2.75) is 63.5 Å². The maximum Gasteiger partial charge on any atom is 0.317 e. The second kappa shape index (κ2) is 6.54. The zero-order chi connectivity index (χ0) is 16.6. The first-order valence-corrected chi connectivity index (χ1v) is 9.72. The summed E-state index contributed by atoms with van der Waals surface area (Å²) in [5, 5.41) is 6.23. The molecule has 0 aromatic rings. The third-order valence-electron chi connectivity index (χ3n) is 6.65. The molecule has 6 nitrogen and oxygen atoms in total. The molecule has 1 spiro atoms. The Kier molecular flexibility index (Phi) is 4.41. The molecule has 3 saturated heterocycles. The number of piperidine rings is 1. The van der Waals surface area contributed by atoms with Gasteiger partial charge in [-0.05, 0) is 37.5 Å². The first kappa shape index (κ1) is 16.2. The molecule has 4 aliphatic rings. The van der Waals surface area contributed by atoms with E-state index in [9.17, 15) is 9.59 Å². The maximum absolute atomic E-state index is 12.5. The number of likely N-dealkylation sites (tertiary alicyclic amines) is 1. The fourth-order valence-electron chi connectivity index (χ4n) is 5.14. The molecular weight excluding hydrogens is 304 g/mol. The van der Waals surface area contributed by atoms with Gasteiger partial charge in [-0.3, -0.25) is 9.69 Å². The number of piperazine rings is 1. The van der Waals surface area contributed by atoms with Crippen molar-refractivity contribution in [3.05, 3.63) is 0 Å². The van der Waals surface area contributed by atoms with Gasteiger partial charge in [0.05, 0.1) is 6.04 Å². The topological polar surface area (TPSA) is 64.7 Å². The predicted octanol–water partition coefficient (Wildman–Crippen LogP) is 1.31. The summed E-state index contributed by atoms with van der Waals surface area (Å²) < 4.78 is 0. The normalized spacial score (nSPS) is 30.9. The van der Waals surface area contributed by atoms with Crippen LogP contribution in [0.1, 0.15) is 51.4 Å². The molecule has 0 aromatic carbocycles. The minimum Gasteiger partial charge on any atom is -0.353 e. The van der Waals surface area contributed by atoms with Crippen LogP contribution in [0, 0.1) is 5.41 Å². The Morgan fingerprint density at radius 1 is 1.12 bits per heavy atom. The molecule has 3 aliphatic heterocycles. The van der Waals surface area contributed by atoms with E-state index in [0.717, 1.165) is 64.8 Å². The molecule has 1 aliphatic carbocycles. The number of nitrogens with one attached hydrogen (secondary N) is 2. The zero-order valence-corrected chi connectivity index (χ0v) is 14.6. The number of amides is 3. The molecule has 134 valence electrons. The van der Waals surface area contributed by atoms with Gasteiger partial charge in [-0.25, -0.2) is 4.79 Å². The number of carbonyl (C=O) groups is 2. The molecule has 4 rings (SSSR count). The van der Waals surface area contributed by atoms with E-state index in [1.807, 2.05) is 4.90 Å². The van der Waals surface area contributed by atoms with Gasteiger partial charge >= 0.3 is 6.03 Å². The van der Waals surface area contributed by atoms with Crippen molar-refractivity contribution in [1.29, 1.82) is 0 Å². The smallest absolute Gasteiger partial charge is 0.317 e. The number of nitrogens with zero attached hydrogens (tertiary/aromatic N) is 2. The van der Waals surface area contributed by atoms with E-state index in [1.165, 1.54) is 19.3 Å². The molecule has 3 amide bonds. The van der Waals surface area contributed by atoms with E-state index in [0.29, 0.717) is 6.04 Å². The summed E-state index contributed by atoms with van der Waals surface area (Å²) in [6.07, 6.45) is 9.10. The predicted molar refractivity (Wildman–Crippen MR) is 91.6 cm³/mol. The highest BCUT2D eigenvalue weighted by atomic mass is 16.2. The molecule has 4 fully saturated rings. The van der Waals surface area contributed by atoms with Crippen LogP contribution < -0.4 is 10.6 Å². The second-order valence-corrected chi connectivity index (χ2v) is 8.25. The van der Waals surface area contributed by atoms with E-state index >= 15 is 0 Å². The minimum atomic E-state index is 0.0707. The van der Waals surface area contributed by atoms with Crippen LogP contribution in [0.5, 0.6) is 0 Å². The highest BCUT2D eigenvalue weighted by Crippen LogP contribution is 2.43. The Hall–Kier alpha value is -1.30. The molecule has 1 unspecified atom stereocenters. The minimum absolute atomic E-state index is 0.0707. The standard InChI is InChI=1S/C18H30N4O2/c23-16-15-12-18(13-22(15)11-8-19-16)6-9-21(10-7-18)17(24)20-14-4-2-1-3-5-14/h14-15H,1-13H2,(H,19,23)(H,20,24). The fourth-order valence-corrected chi connectivity index (χ4v) is 5.14. The van der Waals surface area contributed by atoms with Crippen molar-refractivity contribution >= 4 is 11.9 Å². The lowest BCUT2D eigenvalue weighted by atomic mass is 9.76. The van der Waals surface area contributed by atoms with Crippen molar-refractivity contribution in [2.24, 2.45) is 5.41 Å². The summed E-state index contributed by atoms with van der Waals surface area (Å²) in [6.45, 7) is 4.45. The highest BCUT2D eigenvalue weighted by molar-refractivity contribution is 5.83. The van der Waals surface area contributed by atoms with Crippen LogP contribution >= 0.6 is 0 Å². The molecule has 6 heteroatoms. The summed E-state index contributed by atoms with van der Waals surface area (Å²) in [6, 6.07) is 0.581. The van der Waals surface area contributed by atoms with E-state index in [-0.39, 0.29) is 23.4 Å². The van der Waals surface area contributed by atoms with Crippen LogP contribution in [0.4, 0.5) is 4.79 Å². The van der Waals surface area contributed by atoms with Crippen LogP contribution in [0.15, 0.2) is 0 Å². The molecule has 24 heavy (non-hydrogen) atoms. The molecule has 3 heterocycles. The van der Waals surface area contributed by atoms with Gasteiger partial charge in [0.25, 0.3) is 0 Å². The lowest BCUT2D eigenvalue weighted by Gasteiger charge is -2.40. The van der Waals surface area contributed by atoms with E-state index in [1.54, 1.807) is 0 Å². The fraction of sp³-hybridized carbons (Fsp3) is 0.889. The summed E-state index contributed by atoms with van der Waals surface area (Å²) in [7, 11) is 0. The molecule has 1 saturated carbocycles. The van der Waals surface area contributed by atoms with Crippen LogP contribution in [-0.4, -0.2) is 66.5 Å². The molecule has 1 atom stereocenters. The molecule has 0 aromatic heterocycles. The van der Waals surface area contributed by atoms with Gasteiger partial charge in [0.15, 0.2) is 0 Å². The molecule has 0 radical (unpaired) electrons. The van der Waals surface area contributed by atoms with Crippen LogP contribution in [0.25, 0.3) is 0 Å². The Balaban J connectivity index is 1.30. The van der Waals surface area contributed by atoms with Crippen molar-refractivity contribution in [2.75, 3.05) is 32.7 Å². The third kappa shape index (κ3) is 3.13. The average Bonchev–Trinajstić information content (AvgIpc) is 2.96. The van der Waals surface area contributed by atoms with Crippen LogP contribution in [0.3, 0.4) is 0 Å². The average molecular weight is 334 g/mol. The van der Waals surface area contributed by atoms with Crippen LogP contribution in [0.2, 0.25) is 0 Å². The van der Waals surface area contributed by atoms with Gasteiger partial charge in [-0.2, -0.15) is 0 Å². The third-order valence-corrected chi connectivity index (χ3v) is 6.65. The van der Waals surface area contributed by atoms with E-state index in [4.69, 9.17) is 0 Å². The van der Waals surface area contributed by atoms with Crippen LogP contribution in [-0.2, 0) is 4.79 Å². The second-order valence-electron chi connectivity index (χ2n) is 8.25. The largest absolute Gasteiger partial charge is 0.353 e.